The fourth-order valence-electron chi connectivity index (χ4n) is 2.63. The van der Waals surface area contributed by atoms with Gasteiger partial charge in [0.1, 0.15) is 6.04 Å². The standard InChI is InChI=1S/C18H32N3O8PS/c1-11(2)14(17(25)26)21-30(27)28-10-18(4,5)15(29-30)16(24)20-7-6-13(23)19-8-9-31-12(3)22/h11,14-15H,6-10H2,1-5H3,(H,19,23)(H,20,24)(H,21,27)(H,25,26)/t14-,15-,30?/m0/s1. The zero-order valence-electron chi connectivity index (χ0n) is 18.4. The van der Waals surface area contributed by atoms with Crippen molar-refractivity contribution < 1.29 is 37.9 Å². The van der Waals surface area contributed by atoms with Gasteiger partial charge in [0.15, 0.2) is 11.2 Å². The average molecular weight is 482 g/mol. The zero-order chi connectivity index (χ0) is 23.8. The van der Waals surface area contributed by atoms with E-state index < -0.39 is 43.1 Å². The van der Waals surface area contributed by atoms with Gasteiger partial charge in [-0.15, -0.1) is 0 Å². The summed E-state index contributed by atoms with van der Waals surface area (Å²) < 4.78 is 23.7. The molecular weight excluding hydrogens is 449 g/mol. The van der Waals surface area contributed by atoms with Crippen LogP contribution < -0.4 is 15.7 Å². The molecule has 1 rings (SSSR count). The topological polar surface area (TPSA) is 160 Å². The van der Waals surface area contributed by atoms with E-state index in [2.05, 4.69) is 15.7 Å². The first-order chi connectivity index (χ1) is 14.3. The number of hydrogen-bond donors (Lipinski definition) is 4. The number of amides is 2. The minimum Gasteiger partial charge on any atom is -0.480 e. The van der Waals surface area contributed by atoms with Crippen LogP contribution in [-0.2, 0) is 32.8 Å². The summed E-state index contributed by atoms with van der Waals surface area (Å²) in [6, 6.07) is -1.18. The Balaban J connectivity index is 2.62. The lowest BCUT2D eigenvalue weighted by atomic mass is 9.87. The summed E-state index contributed by atoms with van der Waals surface area (Å²) in [6.45, 7) is 8.38. The van der Waals surface area contributed by atoms with E-state index in [1.165, 1.54) is 6.92 Å². The van der Waals surface area contributed by atoms with Gasteiger partial charge in [-0.05, 0) is 5.92 Å². The Hall–Kier alpha value is -1.46. The summed E-state index contributed by atoms with van der Waals surface area (Å²) in [6.07, 6.45) is -1.15. The monoisotopic (exact) mass is 481 g/mol. The number of carbonyl (C=O) groups excluding carboxylic acids is 3. The van der Waals surface area contributed by atoms with Crippen LogP contribution in [0.3, 0.4) is 0 Å². The number of carbonyl (C=O) groups is 4. The Morgan fingerprint density at radius 1 is 1.19 bits per heavy atom. The number of carboxylic acid groups (broad SMARTS) is 1. The maximum atomic E-state index is 12.9. The predicted octanol–water partition coefficient (Wildman–Crippen LogP) is 1.14. The first-order valence-corrected chi connectivity index (χ1v) is 12.4. The van der Waals surface area contributed by atoms with E-state index in [9.17, 15) is 28.8 Å². The Kier molecular flexibility index (Phi) is 10.6. The van der Waals surface area contributed by atoms with Crippen molar-refractivity contribution in [3.8, 4) is 0 Å². The van der Waals surface area contributed by atoms with Crippen molar-refractivity contribution >= 4 is 42.4 Å². The number of hydrogen-bond acceptors (Lipinski definition) is 8. The lowest BCUT2D eigenvalue weighted by Gasteiger charge is -2.41. The maximum Gasteiger partial charge on any atom is 0.407 e. The summed E-state index contributed by atoms with van der Waals surface area (Å²) in [5, 5.41) is 16.9. The second kappa shape index (κ2) is 12.0. The summed E-state index contributed by atoms with van der Waals surface area (Å²) in [5.41, 5.74) is -0.831. The molecule has 0 aromatic heterocycles. The van der Waals surface area contributed by atoms with Gasteiger partial charge in [0.05, 0.1) is 6.61 Å². The summed E-state index contributed by atoms with van der Waals surface area (Å²) >= 11 is 1.11. The van der Waals surface area contributed by atoms with E-state index in [1.807, 2.05) is 0 Å². The molecule has 0 saturated carbocycles. The van der Waals surface area contributed by atoms with Crippen molar-refractivity contribution in [2.45, 2.75) is 53.2 Å². The number of aliphatic carboxylic acids is 1. The fraction of sp³-hybridized carbons (Fsp3) is 0.778. The summed E-state index contributed by atoms with van der Waals surface area (Å²) in [4.78, 5) is 46.7. The second-order valence-corrected chi connectivity index (χ2v) is 11.2. The predicted molar refractivity (Wildman–Crippen MR) is 115 cm³/mol. The van der Waals surface area contributed by atoms with Gasteiger partial charge in [-0.1, -0.05) is 39.5 Å². The lowest BCUT2D eigenvalue weighted by Crippen LogP contribution is -2.52. The number of thioether (sulfide) groups is 1. The summed E-state index contributed by atoms with van der Waals surface area (Å²) in [7, 11) is -4.05. The zero-order valence-corrected chi connectivity index (χ0v) is 20.1. The van der Waals surface area contributed by atoms with Gasteiger partial charge >= 0.3 is 13.7 Å². The van der Waals surface area contributed by atoms with Crippen LogP contribution >= 0.6 is 19.5 Å². The van der Waals surface area contributed by atoms with Crippen LogP contribution in [0.5, 0.6) is 0 Å². The molecule has 0 bridgehead atoms. The van der Waals surface area contributed by atoms with E-state index in [0.29, 0.717) is 12.3 Å². The van der Waals surface area contributed by atoms with Gasteiger partial charge in [0.25, 0.3) is 0 Å². The third-order valence-electron chi connectivity index (χ3n) is 4.41. The molecule has 1 aliphatic heterocycles. The third kappa shape index (κ3) is 9.28. The van der Waals surface area contributed by atoms with Gasteiger partial charge < -0.3 is 15.7 Å². The number of rotatable bonds is 11. The van der Waals surface area contributed by atoms with Gasteiger partial charge in [0, 0.05) is 37.6 Å². The minimum atomic E-state index is -4.05. The normalized spacial score (nSPS) is 23.7. The Morgan fingerprint density at radius 3 is 2.39 bits per heavy atom. The molecule has 0 aromatic carbocycles. The fourth-order valence-corrected chi connectivity index (χ4v) is 5.23. The Bertz CT molecular complexity index is 731. The van der Waals surface area contributed by atoms with E-state index in [1.54, 1.807) is 27.7 Å². The highest BCUT2D eigenvalue weighted by atomic mass is 32.2. The molecular formula is C18H32N3O8PS. The van der Waals surface area contributed by atoms with Crippen molar-refractivity contribution in [3.05, 3.63) is 0 Å². The van der Waals surface area contributed by atoms with E-state index in [0.717, 1.165) is 11.8 Å². The second-order valence-electron chi connectivity index (χ2n) is 8.16. The highest BCUT2D eigenvalue weighted by Gasteiger charge is 2.49. The van der Waals surface area contributed by atoms with Crippen LogP contribution in [0.15, 0.2) is 0 Å². The van der Waals surface area contributed by atoms with Crippen LogP contribution in [0.2, 0.25) is 0 Å². The van der Waals surface area contributed by atoms with Gasteiger partial charge in [0.2, 0.25) is 11.8 Å². The molecule has 0 spiro atoms. The number of carboxylic acids is 1. The Morgan fingerprint density at radius 2 is 1.84 bits per heavy atom. The molecule has 0 radical (unpaired) electrons. The molecule has 1 fully saturated rings. The quantitative estimate of drug-likeness (QED) is 0.249. The molecule has 1 heterocycles. The van der Waals surface area contributed by atoms with Gasteiger partial charge in [-0.25, -0.2) is 9.65 Å². The molecule has 1 unspecified atom stereocenters. The van der Waals surface area contributed by atoms with Crippen LogP contribution in [0.25, 0.3) is 0 Å². The maximum absolute atomic E-state index is 12.9. The lowest BCUT2D eigenvalue weighted by molar-refractivity contribution is -0.141. The molecule has 1 aliphatic rings. The molecule has 4 N–H and O–H groups in total. The van der Waals surface area contributed by atoms with Crippen LogP contribution in [0.1, 0.15) is 41.0 Å². The Labute approximate surface area is 186 Å². The number of nitrogens with one attached hydrogen (secondary N) is 3. The molecule has 0 aliphatic carbocycles. The smallest absolute Gasteiger partial charge is 0.407 e. The summed E-state index contributed by atoms with van der Waals surface area (Å²) in [5.74, 6) is -2.01. The molecule has 2 amide bonds. The first-order valence-electron chi connectivity index (χ1n) is 9.89. The van der Waals surface area contributed by atoms with Crippen LogP contribution in [-0.4, -0.2) is 65.6 Å². The molecule has 11 nitrogen and oxygen atoms in total. The van der Waals surface area contributed by atoms with Crippen molar-refractivity contribution in [2.75, 3.05) is 25.4 Å². The molecule has 1 saturated heterocycles. The van der Waals surface area contributed by atoms with E-state index in [4.69, 9.17) is 9.05 Å². The highest BCUT2D eigenvalue weighted by molar-refractivity contribution is 8.13. The minimum absolute atomic E-state index is 0.0183. The molecule has 13 heteroatoms. The van der Waals surface area contributed by atoms with Crippen LogP contribution in [0, 0.1) is 11.3 Å². The molecule has 3 atom stereocenters. The SMILES string of the molecule is CC(=O)SCCNC(=O)CCNC(=O)[C@@H]1OP(=O)(N[C@H](C(=O)O)C(C)C)OCC1(C)C. The van der Waals surface area contributed by atoms with E-state index in [-0.39, 0.29) is 30.6 Å². The van der Waals surface area contributed by atoms with Crippen molar-refractivity contribution in [2.24, 2.45) is 11.3 Å². The first kappa shape index (κ1) is 27.6. The van der Waals surface area contributed by atoms with Crippen molar-refractivity contribution in [1.29, 1.82) is 0 Å². The molecule has 178 valence electrons. The van der Waals surface area contributed by atoms with E-state index >= 15 is 0 Å². The molecule has 0 aromatic rings. The van der Waals surface area contributed by atoms with Crippen LogP contribution in [0.4, 0.5) is 0 Å². The molecule has 31 heavy (non-hydrogen) atoms. The largest absolute Gasteiger partial charge is 0.480 e. The average Bonchev–Trinajstić information content (AvgIpc) is 2.65. The highest BCUT2D eigenvalue weighted by Crippen LogP contribution is 2.53. The van der Waals surface area contributed by atoms with Crippen molar-refractivity contribution in [3.63, 3.8) is 0 Å². The van der Waals surface area contributed by atoms with Gasteiger partial charge in [-0.3, -0.25) is 28.2 Å². The van der Waals surface area contributed by atoms with Gasteiger partial charge in [-0.2, -0.15) is 0 Å². The third-order valence-corrected chi connectivity index (χ3v) is 6.78. The van der Waals surface area contributed by atoms with Crippen molar-refractivity contribution in [1.82, 2.24) is 15.7 Å².